The van der Waals surface area contributed by atoms with Crippen LogP contribution in [0.3, 0.4) is 0 Å². The van der Waals surface area contributed by atoms with Crippen molar-refractivity contribution in [1.82, 2.24) is 5.16 Å². The summed E-state index contributed by atoms with van der Waals surface area (Å²) in [7, 11) is 0. The molecule has 0 atom stereocenters. The molecule has 19 heavy (non-hydrogen) atoms. The Kier molecular flexibility index (Phi) is 4.61. The second-order valence-corrected chi connectivity index (χ2v) is 5.88. The van der Waals surface area contributed by atoms with E-state index in [2.05, 4.69) is 12.1 Å². The van der Waals surface area contributed by atoms with E-state index in [1.807, 2.05) is 0 Å². The second kappa shape index (κ2) is 6.22. The van der Waals surface area contributed by atoms with Crippen molar-refractivity contribution in [2.24, 2.45) is 11.3 Å². The van der Waals surface area contributed by atoms with Crippen LogP contribution in [-0.4, -0.2) is 16.2 Å². The highest BCUT2D eigenvalue weighted by Crippen LogP contribution is 2.43. The van der Waals surface area contributed by atoms with Gasteiger partial charge in [0.2, 0.25) is 0 Å². The highest BCUT2D eigenvalue weighted by atomic mass is 16.5. The Morgan fingerprint density at radius 1 is 1.53 bits per heavy atom. The molecule has 0 amide bonds. The molecule has 0 unspecified atom stereocenters. The molecule has 1 aromatic heterocycles. The van der Waals surface area contributed by atoms with Crippen LogP contribution in [0.5, 0.6) is 0 Å². The topological polar surface area (TPSA) is 63.3 Å². The van der Waals surface area contributed by atoms with Crippen molar-refractivity contribution in [1.29, 1.82) is 0 Å². The highest BCUT2D eigenvalue weighted by molar-refractivity contribution is 5.75. The van der Waals surface area contributed by atoms with Crippen molar-refractivity contribution in [3.63, 3.8) is 0 Å². The smallest absolute Gasteiger partial charge is 0.309 e. The minimum absolute atomic E-state index is 0.548. The molecule has 0 bridgehead atoms. The lowest BCUT2D eigenvalue weighted by molar-refractivity contribution is -0.151. The van der Waals surface area contributed by atoms with Gasteiger partial charge in [0, 0.05) is 5.56 Å². The van der Waals surface area contributed by atoms with Crippen molar-refractivity contribution in [3.05, 3.63) is 18.0 Å². The molecule has 4 heteroatoms. The monoisotopic (exact) mass is 265 g/mol. The minimum atomic E-state index is -0.664. The van der Waals surface area contributed by atoms with Crippen molar-refractivity contribution in [3.8, 4) is 0 Å². The first kappa shape index (κ1) is 14.1. The van der Waals surface area contributed by atoms with E-state index in [-0.39, 0.29) is 0 Å². The molecule has 0 saturated heterocycles. The number of carbonyl (C=O) groups is 1. The molecular formula is C15H23NO3. The van der Waals surface area contributed by atoms with Crippen LogP contribution < -0.4 is 0 Å². The Hall–Kier alpha value is -1.32. The Balaban J connectivity index is 1.97. The third-order valence-corrected chi connectivity index (χ3v) is 4.51. The standard InChI is InChI=1S/C15H23NO3/c1-2-3-4-12-5-7-15(8-6-12,14(17)18)9-13-10-16-19-11-13/h10-12H,2-9H2,1H3,(H,17,18). The molecule has 1 heterocycles. The number of hydrogen-bond acceptors (Lipinski definition) is 3. The molecule has 1 aliphatic rings. The molecule has 1 saturated carbocycles. The predicted octanol–water partition coefficient (Wildman–Crippen LogP) is 3.67. The van der Waals surface area contributed by atoms with Gasteiger partial charge >= 0.3 is 5.97 Å². The van der Waals surface area contributed by atoms with Crippen molar-refractivity contribution in [2.75, 3.05) is 0 Å². The zero-order valence-electron chi connectivity index (χ0n) is 11.6. The summed E-state index contributed by atoms with van der Waals surface area (Å²) in [4.78, 5) is 11.7. The SMILES string of the molecule is CCCCC1CCC(Cc2cnoc2)(C(=O)O)CC1. The van der Waals surface area contributed by atoms with E-state index in [0.717, 1.165) is 37.2 Å². The average Bonchev–Trinajstić information content (AvgIpc) is 2.90. The summed E-state index contributed by atoms with van der Waals surface area (Å²) in [6.45, 7) is 2.20. The summed E-state index contributed by atoms with van der Waals surface area (Å²) in [5, 5.41) is 13.3. The fraction of sp³-hybridized carbons (Fsp3) is 0.733. The van der Waals surface area contributed by atoms with E-state index in [1.165, 1.54) is 19.3 Å². The number of carboxylic acids is 1. The molecule has 0 radical (unpaired) electrons. The first-order valence-electron chi connectivity index (χ1n) is 7.28. The van der Waals surface area contributed by atoms with Gasteiger partial charge < -0.3 is 9.63 Å². The zero-order chi connectivity index (χ0) is 13.7. The van der Waals surface area contributed by atoms with E-state index < -0.39 is 11.4 Å². The van der Waals surface area contributed by atoms with Gasteiger partial charge in [-0.1, -0.05) is 31.3 Å². The van der Waals surface area contributed by atoms with Gasteiger partial charge in [-0.05, 0) is 38.0 Å². The third kappa shape index (κ3) is 3.37. The van der Waals surface area contributed by atoms with E-state index >= 15 is 0 Å². The van der Waals surface area contributed by atoms with Crippen LogP contribution in [0.25, 0.3) is 0 Å². The van der Waals surface area contributed by atoms with Crippen LogP contribution in [0.15, 0.2) is 17.0 Å². The first-order chi connectivity index (χ1) is 9.16. The Morgan fingerprint density at radius 3 is 2.79 bits per heavy atom. The lowest BCUT2D eigenvalue weighted by atomic mass is 9.67. The van der Waals surface area contributed by atoms with Crippen LogP contribution in [0.2, 0.25) is 0 Å². The number of hydrogen-bond donors (Lipinski definition) is 1. The molecule has 2 rings (SSSR count). The number of aromatic nitrogens is 1. The van der Waals surface area contributed by atoms with E-state index in [1.54, 1.807) is 12.5 Å². The average molecular weight is 265 g/mol. The van der Waals surface area contributed by atoms with E-state index in [0.29, 0.717) is 6.42 Å². The molecule has 1 N–H and O–H groups in total. The van der Waals surface area contributed by atoms with Gasteiger partial charge in [-0.15, -0.1) is 0 Å². The van der Waals surface area contributed by atoms with Crippen LogP contribution in [0, 0.1) is 11.3 Å². The van der Waals surface area contributed by atoms with E-state index in [4.69, 9.17) is 4.52 Å². The summed E-state index contributed by atoms with van der Waals surface area (Å²) in [6.07, 6.45) is 11.1. The Morgan fingerprint density at radius 2 is 2.26 bits per heavy atom. The van der Waals surface area contributed by atoms with Crippen LogP contribution in [0.1, 0.15) is 57.4 Å². The number of aliphatic carboxylic acids is 1. The van der Waals surface area contributed by atoms with Gasteiger partial charge in [0.25, 0.3) is 0 Å². The Labute approximate surface area is 114 Å². The van der Waals surface area contributed by atoms with Crippen molar-refractivity contribution >= 4 is 5.97 Å². The maximum absolute atomic E-state index is 11.7. The van der Waals surface area contributed by atoms with Crippen molar-refractivity contribution in [2.45, 2.75) is 58.3 Å². The number of nitrogens with zero attached hydrogens (tertiary/aromatic N) is 1. The van der Waals surface area contributed by atoms with Crippen LogP contribution >= 0.6 is 0 Å². The molecule has 0 spiro atoms. The van der Waals surface area contributed by atoms with Gasteiger partial charge in [0.1, 0.15) is 6.26 Å². The predicted molar refractivity (Wildman–Crippen MR) is 71.8 cm³/mol. The summed E-state index contributed by atoms with van der Waals surface area (Å²) in [5.74, 6) is 0.0533. The summed E-state index contributed by atoms with van der Waals surface area (Å²) in [6, 6.07) is 0. The lowest BCUT2D eigenvalue weighted by Crippen LogP contribution is -2.37. The molecule has 0 aromatic carbocycles. The fourth-order valence-corrected chi connectivity index (χ4v) is 3.18. The van der Waals surface area contributed by atoms with Gasteiger partial charge in [0.05, 0.1) is 11.6 Å². The number of unbranched alkanes of at least 4 members (excludes halogenated alkanes) is 1. The lowest BCUT2D eigenvalue weighted by Gasteiger charge is -2.36. The minimum Gasteiger partial charge on any atom is -0.481 e. The van der Waals surface area contributed by atoms with Crippen molar-refractivity contribution < 1.29 is 14.4 Å². The molecule has 0 aliphatic heterocycles. The maximum atomic E-state index is 11.7. The van der Waals surface area contributed by atoms with Gasteiger partial charge in [-0.2, -0.15) is 0 Å². The van der Waals surface area contributed by atoms with Gasteiger partial charge in [-0.25, -0.2) is 0 Å². The highest BCUT2D eigenvalue weighted by Gasteiger charge is 2.42. The molecule has 1 aromatic rings. The Bertz CT molecular complexity index is 392. The zero-order valence-corrected chi connectivity index (χ0v) is 11.6. The summed E-state index contributed by atoms with van der Waals surface area (Å²) in [5.41, 5.74) is 0.295. The van der Waals surface area contributed by atoms with Crippen LogP contribution in [0.4, 0.5) is 0 Å². The normalized spacial score (nSPS) is 27.3. The summed E-state index contributed by atoms with van der Waals surface area (Å²) >= 11 is 0. The van der Waals surface area contributed by atoms with Crippen LogP contribution in [-0.2, 0) is 11.2 Å². The quantitative estimate of drug-likeness (QED) is 0.852. The first-order valence-corrected chi connectivity index (χ1v) is 7.28. The number of carboxylic acid groups (broad SMARTS) is 1. The van der Waals surface area contributed by atoms with Gasteiger partial charge in [0.15, 0.2) is 0 Å². The summed E-state index contributed by atoms with van der Waals surface area (Å²) < 4.78 is 4.81. The number of rotatable bonds is 6. The maximum Gasteiger partial charge on any atom is 0.309 e. The largest absolute Gasteiger partial charge is 0.481 e. The van der Waals surface area contributed by atoms with E-state index in [9.17, 15) is 9.90 Å². The molecular weight excluding hydrogens is 242 g/mol. The molecule has 1 fully saturated rings. The van der Waals surface area contributed by atoms with Gasteiger partial charge in [-0.3, -0.25) is 4.79 Å². The third-order valence-electron chi connectivity index (χ3n) is 4.51. The molecule has 4 nitrogen and oxygen atoms in total. The fourth-order valence-electron chi connectivity index (χ4n) is 3.18. The molecule has 1 aliphatic carbocycles. The molecule has 106 valence electrons. The second-order valence-electron chi connectivity index (χ2n) is 5.88.